The summed E-state index contributed by atoms with van der Waals surface area (Å²) in [6.07, 6.45) is 3.71. The molecule has 0 aliphatic carbocycles. The van der Waals surface area contributed by atoms with Gasteiger partial charge in [-0.1, -0.05) is 48.9 Å². The number of hydrazone groups is 1. The van der Waals surface area contributed by atoms with Crippen molar-refractivity contribution in [1.82, 2.24) is 5.32 Å². The smallest absolute Gasteiger partial charge is 0.273 e. The molecule has 29 heavy (non-hydrogen) atoms. The zero-order valence-corrected chi connectivity index (χ0v) is 17.8. The average molecular weight is 411 g/mol. The van der Waals surface area contributed by atoms with E-state index >= 15 is 0 Å². The molecular weight excluding hydrogens is 384 g/mol. The molecule has 3 N–H and O–H groups in total. The molecule has 5 nitrogen and oxygen atoms in total. The Morgan fingerprint density at radius 3 is 2.59 bits per heavy atom. The zero-order chi connectivity index (χ0) is 21.2. The quantitative estimate of drug-likeness (QED) is 0.379. The molecule has 6 heteroatoms. The number of carbonyl (C=O) groups is 1. The lowest BCUT2D eigenvalue weighted by molar-refractivity contribution is -0.114. The highest BCUT2D eigenvalue weighted by molar-refractivity contribution is 6.66. The second kappa shape index (κ2) is 11.2. The first-order chi connectivity index (χ1) is 13.9. The Bertz CT molecular complexity index is 920. The lowest BCUT2D eigenvalue weighted by Crippen LogP contribution is -2.36. The number of carbonyl (C=O) groups excluding carboxylic acids is 1. The van der Waals surface area contributed by atoms with Gasteiger partial charge in [-0.2, -0.15) is 5.10 Å². The number of rotatable bonds is 9. The molecular formula is C23H27ClN4O. The van der Waals surface area contributed by atoms with Crippen LogP contribution in [0.3, 0.4) is 0 Å². The molecule has 0 aliphatic heterocycles. The highest BCUT2D eigenvalue weighted by Crippen LogP contribution is 2.25. The number of benzene rings is 2. The molecule has 2 aromatic carbocycles. The Morgan fingerprint density at radius 1 is 1.21 bits per heavy atom. The molecule has 0 saturated heterocycles. The topological polar surface area (TPSA) is 77.3 Å². The lowest BCUT2D eigenvalue weighted by atomic mass is 9.97. The van der Waals surface area contributed by atoms with Crippen molar-refractivity contribution in [3.05, 3.63) is 70.8 Å². The maximum Gasteiger partial charge on any atom is 0.273 e. The molecule has 0 spiro atoms. The van der Waals surface area contributed by atoms with E-state index in [1.54, 1.807) is 6.92 Å². The summed E-state index contributed by atoms with van der Waals surface area (Å²) in [6.45, 7) is 6.11. The molecule has 0 saturated carbocycles. The van der Waals surface area contributed by atoms with Crippen LogP contribution in [-0.2, 0) is 4.79 Å². The van der Waals surface area contributed by atoms with Crippen LogP contribution in [0.15, 0.2) is 59.7 Å². The highest BCUT2D eigenvalue weighted by atomic mass is 35.5. The summed E-state index contributed by atoms with van der Waals surface area (Å²) >= 11 is 6.16. The number of hydrogen-bond acceptors (Lipinski definition) is 4. The van der Waals surface area contributed by atoms with E-state index in [0.29, 0.717) is 18.0 Å². The van der Waals surface area contributed by atoms with Crippen molar-refractivity contribution in [3.8, 4) is 0 Å². The predicted octanol–water partition coefficient (Wildman–Crippen LogP) is 5.46. The minimum absolute atomic E-state index is 0.0637. The van der Waals surface area contributed by atoms with Crippen LogP contribution in [0.1, 0.15) is 37.8 Å². The maximum absolute atomic E-state index is 12.5. The van der Waals surface area contributed by atoms with Gasteiger partial charge in [0.15, 0.2) is 5.71 Å². The standard InChI is InChI=1S/C23H27ClN4O/c1-4-8-18(21-15-19(24)12-11-16(21)2)13-14-26-23(29)22(17(3)25)28-27-20-9-6-5-7-10-20/h5-12,15,25,27H,4,13-14H2,1-3H3,(H,26,29)/b18-8-,25-17?,28-22+. The number of nitrogens with zero attached hydrogens (tertiary/aromatic N) is 1. The van der Waals surface area contributed by atoms with Gasteiger partial charge < -0.3 is 10.7 Å². The van der Waals surface area contributed by atoms with Crippen molar-refractivity contribution < 1.29 is 4.79 Å². The van der Waals surface area contributed by atoms with Gasteiger partial charge in [-0.25, -0.2) is 0 Å². The Labute approximate surface area is 177 Å². The van der Waals surface area contributed by atoms with Gasteiger partial charge in [-0.05, 0) is 67.7 Å². The van der Waals surface area contributed by atoms with Crippen molar-refractivity contribution in [2.75, 3.05) is 12.0 Å². The van der Waals surface area contributed by atoms with Crippen molar-refractivity contribution in [2.24, 2.45) is 5.10 Å². The van der Waals surface area contributed by atoms with E-state index in [1.807, 2.05) is 55.5 Å². The van der Waals surface area contributed by atoms with Crippen LogP contribution in [0.5, 0.6) is 0 Å². The van der Waals surface area contributed by atoms with Crippen molar-refractivity contribution in [1.29, 1.82) is 5.41 Å². The number of para-hydroxylation sites is 1. The molecule has 0 radical (unpaired) electrons. The van der Waals surface area contributed by atoms with Crippen molar-refractivity contribution in [2.45, 2.75) is 33.6 Å². The minimum Gasteiger partial charge on any atom is -0.350 e. The summed E-state index contributed by atoms with van der Waals surface area (Å²) < 4.78 is 0. The van der Waals surface area contributed by atoms with E-state index < -0.39 is 0 Å². The molecule has 1 amide bonds. The Balaban J connectivity index is 2.04. The zero-order valence-electron chi connectivity index (χ0n) is 17.1. The molecule has 2 rings (SSSR count). The molecule has 0 aromatic heterocycles. The van der Waals surface area contributed by atoms with Gasteiger partial charge in [-0.3, -0.25) is 10.2 Å². The predicted molar refractivity (Wildman–Crippen MR) is 123 cm³/mol. The first-order valence-corrected chi connectivity index (χ1v) is 9.98. The third-order valence-corrected chi connectivity index (χ3v) is 4.55. The summed E-state index contributed by atoms with van der Waals surface area (Å²) in [6, 6.07) is 15.1. The number of aryl methyl sites for hydroxylation is 1. The van der Waals surface area contributed by atoms with Crippen molar-refractivity contribution in [3.63, 3.8) is 0 Å². The van der Waals surface area contributed by atoms with Crippen molar-refractivity contribution >= 4 is 40.2 Å². The summed E-state index contributed by atoms with van der Waals surface area (Å²) in [5.74, 6) is -0.375. The number of nitrogens with one attached hydrogen (secondary N) is 3. The van der Waals surface area contributed by atoms with Gasteiger partial charge in [0, 0.05) is 11.6 Å². The summed E-state index contributed by atoms with van der Waals surface area (Å²) in [7, 11) is 0. The minimum atomic E-state index is -0.375. The third kappa shape index (κ3) is 6.88. The molecule has 2 aromatic rings. The molecule has 0 fully saturated rings. The largest absolute Gasteiger partial charge is 0.350 e. The van der Waals surface area contributed by atoms with Gasteiger partial charge in [0.1, 0.15) is 0 Å². The van der Waals surface area contributed by atoms with E-state index in [-0.39, 0.29) is 17.3 Å². The van der Waals surface area contributed by atoms with E-state index in [1.165, 1.54) is 0 Å². The fourth-order valence-corrected chi connectivity index (χ4v) is 3.04. The fourth-order valence-electron chi connectivity index (χ4n) is 2.87. The monoisotopic (exact) mass is 410 g/mol. The summed E-state index contributed by atoms with van der Waals surface area (Å²) in [5.41, 5.74) is 7.12. The molecule has 152 valence electrons. The second-order valence-corrected chi connectivity index (χ2v) is 7.10. The Kier molecular flexibility index (Phi) is 8.62. The Hall–Kier alpha value is -2.92. The SMILES string of the molecule is CC/C=C(/CCNC(=O)/C(=N/Nc1ccccc1)C(C)=N)c1cc(Cl)ccc1C. The first-order valence-electron chi connectivity index (χ1n) is 9.60. The molecule has 0 aliphatic rings. The molecule has 0 atom stereocenters. The molecule has 0 heterocycles. The van der Waals surface area contributed by atoms with Crippen LogP contribution in [0, 0.1) is 12.3 Å². The van der Waals surface area contributed by atoms with Crippen LogP contribution < -0.4 is 10.7 Å². The summed E-state index contributed by atoms with van der Waals surface area (Å²) in [4.78, 5) is 12.5. The molecule has 0 unspecified atom stereocenters. The third-order valence-electron chi connectivity index (χ3n) is 4.32. The van der Waals surface area contributed by atoms with Gasteiger partial charge in [0.25, 0.3) is 5.91 Å². The van der Waals surface area contributed by atoms with E-state index in [4.69, 9.17) is 17.0 Å². The summed E-state index contributed by atoms with van der Waals surface area (Å²) in [5, 5.41) is 15.5. The fraction of sp³-hybridized carbons (Fsp3) is 0.261. The average Bonchev–Trinajstić information content (AvgIpc) is 2.70. The highest BCUT2D eigenvalue weighted by Gasteiger charge is 2.14. The number of allylic oxidation sites excluding steroid dienone is 1. The van der Waals surface area contributed by atoms with Crippen LogP contribution >= 0.6 is 11.6 Å². The van der Waals surface area contributed by atoms with Crippen LogP contribution in [-0.4, -0.2) is 23.9 Å². The van der Waals surface area contributed by atoms with E-state index in [2.05, 4.69) is 28.8 Å². The molecule has 0 bridgehead atoms. The van der Waals surface area contributed by atoms with Gasteiger partial charge >= 0.3 is 0 Å². The Morgan fingerprint density at radius 2 is 1.93 bits per heavy atom. The number of halogens is 1. The van der Waals surface area contributed by atoms with Crippen LogP contribution in [0.2, 0.25) is 5.02 Å². The van der Waals surface area contributed by atoms with E-state index in [0.717, 1.165) is 28.8 Å². The van der Waals surface area contributed by atoms with E-state index in [9.17, 15) is 4.79 Å². The number of anilines is 1. The lowest BCUT2D eigenvalue weighted by Gasteiger charge is -2.13. The van der Waals surface area contributed by atoms with Crippen LogP contribution in [0.4, 0.5) is 5.69 Å². The second-order valence-electron chi connectivity index (χ2n) is 6.67. The van der Waals surface area contributed by atoms with Gasteiger partial charge in [0.2, 0.25) is 0 Å². The normalized spacial score (nSPS) is 11.9. The number of amides is 1. The first kappa shape index (κ1) is 22.4. The number of hydrogen-bond donors (Lipinski definition) is 3. The van der Waals surface area contributed by atoms with Gasteiger partial charge in [0.05, 0.1) is 11.4 Å². The van der Waals surface area contributed by atoms with Crippen LogP contribution in [0.25, 0.3) is 5.57 Å². The van der Waals surface area contributed by atoms with Gasteiger partial charge in [-0.15, -0.1) is 0 Å². The maximum atomic E-state index is 12.5.